The number of fused-ring (bicyclic) bond motifs is 6. The van der Waals surface area contributed by atoms with E-state index in [0.717, 1.165) is 17.1 Å². The molecule has 0 N–H and O–H groups in total. The van der Waals surface area contributed by atoms with Gasteiger partial charge >= 0.3 is 34.1 Å². The van der Waals surface area contributed by atoms with Crippen molar-refractivity contribution in [3.8, 4) is 17.1 Å². The van der Waals surface area contributed by atoms with Gasteiger partial charge in [0.15, 0.2) is 0 Å². The van der Waals surface area contributed by atoms with Crippen LogP contribution in [-0.4, -0.2) is 42.2 Å². The maximum atomic E-state index is 4.66. The molecule has 6 aromatic rings. The fourth-order valence-corrected chi connectivity index (χ4v) is 8.26. The third kappa shape index (κ3) is 6.72. The van der Waals surface area contributed by atoms with Crippen molar-refractivity contribution < 1.29 is 24.7 Å². The van der Waals surface area contributed by atoms with Gasteiger partial charge in [0.25, 0.3) is 0 Å². The summed E-state index contributed by atoms with van der Waals surface area (Å²) in [6.07, 6.45) is 9.47. The molecule has 8 rings (SSSR count). The molecule has 9 heteroatoms. The zero-order chi connectivity index (χ0) is 36.8. The molecule has 2 aromatic heterocycles. The van der Waals surface area contributed by atoms with Crippen molar-refractivity contribution in [3.05, 3.63) is 138 Å². The number of imidazole rings is 1. The van der Waals surface area contributed by atoms with Crippen LogP contribution in [0.15, 0.2) is 97.5 Å². The third-order valence-electron chi connectivity index (χ3n) is 10.8. The quantitative estimate of drug-likeness (QED) is 0.128. The molecule has 53 heavy (non-hydrogen) atoms. The molecule has 0 atom stereocenters. The molecule has 2 aliphatic heterocycles. The van der Waals surface area contributed by atoms with Crippen LogP contribution in [0, 0.1) is 18.3 Å². The van der Waals surface area contributed by atoms with Gasteiger partial charge in [0, 0.05) is 23.7 Å². The van der Waals surface area contributed by atoms with E-state index in [1.807, 2.05) is 24.4 Å². The molecule has 270 valence electrons. The van der Waals surface area contributed by atoms with Crippen LogP contribution in [0.25, 0.3) is 17.1 Å². The van der Waals surface area contributed by atoms with Crippen molar-refractivity contribution in [2.45, 2.75) is 79.1 Å². The molecule has 0 radical (unpaired) electrons. The van der Waals surface area contributed by atoms with Crippen molar-refractivity contribution in [1.29, 1.82) is 0 Å². The minimum Gasteiger partial charge on any atom is -0.436 e. The maximum absolute atomic E-state index is 4.66. The molecule has 0 fully saturated rings. The van der Waals surface area contributed by atoms with Gasteiger partial charge in [-0.1, -0.05) is 115 Å². The molecule has 0 bridgehead atoms. The molecule has 0 spiro atoms. The van der Waals surface area contributed by atoms with E-state index in [1.165, 1.54) is 44.6 Å². The molecule has 0 aliphatic carbocycles. The molecular weight excluding hydrogens is 826 g/mol. The normalized spacial score (nSPS) is 13.1. The zero-order valence-electron chi connectivity index (χ0n) is 32.7. The Hall–Kier alpha value is -4.32. The summed E-state index contributed by atoms with van der Waals surface area (Å²) >= 11 is 0. The van der Waals surface area contributed by atoms with Gasteiger partial charge in [-0.2, -0.15) is 18.2 Å². The molecule has 2 aliphatic rings. The smallest absolute Gasteiger partial charge is 0.436 e. The van der Waals surface area contributed by atoms with Gasteiger partial charge < -0.3 is 14.1 Å². The third-order valence-corrected chi connectivity index (χ3v) is 10.8. The van der Waals surface area contributed by atoms with Crippen LogP contribution >= 0.6 is 0 Å². The summed E-state index contributed by atoms with van der Waals surface area (Å²) < 4.78 is 6.67. The Bertz CT molecular complexity index is 1990. The predicted molar refractivity (Wildman–Crippen MR) is 218 cm³/mol. The van der Waals surface area contributed by atoms with E-state index in [-0.39, 0.29) is 34.1 Å². The molecule has 4 heterocycles. The Labute approximate surface area is 331 Å². The van der Waals surface area contributed by atoms with E-state index in [4.69, 9.17) is 0 Å². The second-order valence-corrected chi connectivity index (χ2v) is 15.4. The first-order chi connectivity index (χ1) is 25.0. The molecule has 4 aromatic carbocycles. The molecular formula is C44H50B2IrN6+. The number of para-hydroxylation sites is 1. The Morgan fingerprint density at radius 1 is 0.642 bits per heavy atom. The molecule has 0 unspecified atom stereocenters. The van der Waals surface area contributed by atoms with Gasteiger partial charge in [-0.3, -0.25) is 9.67 Å². The van der Waals surface area contributed by atoms with Gasteiger partial charge in [0.2, 0.25) is 0 Å². The van der Waals surface area contributed by atoms with Crippen LogP contribution in [0.2, 0.25) is 0 Å². The van der Waals surface area contributed by atoms with E-state index < -0.39 is 0 Å². The average Bonchev–Trinajstić information content (AvgIpc) is 3.83. The Morgan fingerprint density at radius 2 is 1.19 bits per heavy atom. The van der Waals surface area contributed by atoms with Gasteiger partial charge in [-0.15, -0.1) is 30.0 Å². The first kappa shape index (κ1) is 38.4. The summed E-state index contributed by atoms with van der Waals surface area (Å²) in [6, 6.07) is 34.7. The standard InChI is InChI=1S/2C22H25BN3.Ir/c1-16(2)18-10-8-11-19(17(3)4)22(18)23-24(5)20-12-6-7-13-21(20)25-14-9-15-26(23)25;1-15(2)17-10-8-11-18(16(3)4)21(17)23-25(5)20-12-7-6-9-19(20)22-24-13-14-26(22)23;/h6-12,15-17H,1-5H3;6-8,10-16H,1-5H3;/q2*-1;+3. The van der Waals surface area contributed by atoms with Crippen LogP contribution in [0.1, 0.15) is 101 Å². The molecule has 6 nitrogen and oxygen atoms in total. The summed E-state index contributed by atoms with van der Waals surface area (Å²) in [4.78, 5) is 9.40. The van der Waals surface area contributed by atoms with Crippen molar-refractivity contribution in [3.63, 3.8) is 0 Å². The SMILES string of the molecule is CC(C)c1cccc(C(C)C)c1B1N(C)c2ccc[c-]c2-c2nccn21.CC(C)c1cccc(C(C)C)c1B1N(C)c2ccc[c-]c2-n2[c-]cc[n+]21.[Ir+3]. The fourth-order valence-electron chi connectivity index (χ4n) is 8.26. The van der Waals surface area contributed by atoms with Crippen LogP contribution in [0.5, 0.6) is 0 Å². The number of rotatable bonds is 6. The summed E-state index contributed by atoms with van der Waals surface area (Å²) in [5.74, 6) is 2.86. The van der Waals surface area contributed by atoms with E-state index in [9.17, 15) is 0 Å². The minimum absolute atomic E-state index is 0. The summed E-state index contributed by atoms with van der Waals surface area (Å²) in [6.45, 7) is 18.4. The second kappa shape index (κ2) is 15.6. The number of benzene rings is 4. The van der Waals surface area contributed by atoms with E-state index >= 15 is 0 Å². The van der Waals surface area contributed by atoms with Crippen LogP contribution in [0.4, 0.5) is 11.4 Å². The van der Waals surface area contributed by atoms with Crippen molar-refractivity contribution >= 4 is 36.3 Å². The number of nitrogens with zero attached hydrogens (tertiary/aromatic N) is 6. The first-order valence-corrected chi connectivity index (χ1v) is 18.8. The summed E-state index contributed by atoms with van der Waals surface area (Å²) in [5, 5.41) is 0. The second-order valence-electron chi connectivity index (χ2n) is 15.4. The molecule has 0 saturated heterocycles. The summed E-state index contributed by atoms with van der Waals surface area (Å²) in [5.41, 5.74) is 13.0. The zero-order valence-corrected chi connectivity index (χ0v) is 35.1. The molecule has 0 saturated carbocycles. The van der Waals surface area contributed by atoms with E-state index in [0.29, 0.717) is 23.7 Å². The average molecular weight is 877 g/mol. The Balaban J connectivity index is 0.000000178. The Morgan fingerprint density at radius 3 is 1.77 bits per heavy atom. The molecule has 0 amide bonds. The maximum Gasteiger partial charge on any atom is 3.00 e. The van der Waals surface area contributed by atoms with Gasteiger partial charge in [0.05, 0.1) is 6.20 Å². The fraction of sp³-hybridized carbons (Fsp3) is 0.318. The predicted octanol–water partition coefficient (Wildman–Crippen LogP) is 7.59. The van der Waals surface area contributed by atoms with Crippen LogP contribution in [0.3, 0.4) is 0 Å². The van der Waals surface area contributed by atoms with Crippen LogP contribution < -0.4 is 25.1 Å². The van der Waals surface area contributed by atoms with E-state index in [2.05, 4.69) is 189 Å². The number of anilines is 2. The Kier molecular flexibility index (Phi) is 11.3. The topological polar surface area (TPSA) is 33.1 Å². The van der Waals surface area contributed by atoms with Gasteiger partial charge in [-0.05, 0) is 71.7 Å². The van der Waals surface area contributed by atoms with Crippen LogP contribution in [-0.2, 0) is 20.1 Å². The first-order valence-electron chi connectivity index (χ1n) is 18.8. The van der Waals surface area contributed by atoms with E-state index in [1.54, 1.807) is 0 Å². The number of hydrogen-bond donors (Lipinski definition) is 0. The van der Waals surface area contributed by atoms with Gasteiger partial charge in [-0.25, -0.2) is 10.7 Å². The number of hydrogen-bond acceptors (Lipinski definition) is 3. The van der Waals surface area contributed by atoms with Crippen molar-refractivity contribution in [2.24, 2.45) is 0 Å². The van der Waals surface area contributed by atoms with Gasteiger partial charge in [0.1, 0.15) is 0 Å². The number of aromatic nitrogens is 4. The largest absolute Gasteiger partial charge is 3.00 e. The monoisotopic (exact) mass is 877 g/mol. The van der Waals surface area contributed by atoms with Crippen molar-refractivity contribution in [1.82, 2.24) is 14.1 Å². The minimum atomic E-state index is 0. The van der Waals surface area contributed by atoms with Crippen molar-refractivity contribution in [2.75, 3.05) is 23.7 Å². The summed E-state index contributed by atoms with van der Waals surface area (Å²) in [7, 11) is 4.36.